The number of likely N-dealkylation sites (tertiary alicyclic amines) is 1. The Kier molecular flexibility index (Phi) is 5.69. The molecule has 0 aliphatic carbocycles. The van der Waals surface area contributed by atoms with Crippen LogP contribution in [-0.2, 0) is 11.2 Å². The summed E-state index contributed by atoms with van der Waals surface area (Å²) in [7, 11) is 0. The van der Waals surface area contributed by atoms with Crippen molar-refractivity contribution < 1.29 is 23.5 Å². The number of thiazole rings is 1. The second kappa shape index (κ2) is 7.99. The molecule has 1 atom stereocenters. The van der Waals surface area contributed by atoms with Gasteiger partial charge in [0.25, 0.3) is 0 Å². The molecule has 0 radical (unpaired) electrons. The molecular formula is C18H19F2N3O3S. The minimum atomic E-state index is -0.910. The van der Waals surface area contributed by atoms with E-state index in [1.807, 2.05) is 0 Å². The van der Waals surface area contributed by atoms with E-state index in [1.54, 1.807) is 6.92 Å². The number of rotatable bonds is 4. The zero-order valence-electron chi connectivity index (χ0n) is 14.7. The fraction of sp³-hybridized carbons (Fsp3) is 0.389. The van der Waals surface area contributed by atoms with Crippen LogP contribution in [0.15, 0.2) is 18.2 Å². The molecule has 1 fully saturated rings. The van der Waals surface area contributed by atoms with Gasteiger partial charge in [-0.2, -0.15) is 0 Å². The van der Waals surface area contributed by atoms with Gasteiger partial charge in [-0.15, -0.1) is 11.3 Å². The maximum absolute atomic E-state index is 13.8. The summed E-state index contributed by atoms with van der Waals surface area (Å²) in [5.74, 6) is -2.73. The van der Waals surface area contributed by atoms with Gasteiger partial charge in [0.1, 0.15) is 11.6 Å². The number of hydrogen-bond acceptors (Lipinski definition) is 4. The molecule has 0 spiro atoms. The largest absolute Gasteiger partial charge is 0.481 e. The van der Waals surface area contributed by atoms with Crippen molar-refractivity contribution in [1.82, 2.24) is 9.88 Å². The maximum Gasteiger partial charge on any atom is 0.323 e. The number of nitrogens with one attached hydrogen (secondary N) is 1. The SMILES string of the molecule is Cc1nc(NC(=O)N2CCCC(C(=O)O)C2)sc1Cc1c(F)cccc1F. The highest BCUT2D eigenvalue weighted by Gasteiger charge is 2.28. The highest BCUT2D eigenvalue weighted by Crippen LogP contribution is 2.28. The Morgan fingerprint density at radius 1 is 1.37 bits per heavy atom. The number of piperidine rings is 1. The summed E-state index contributed by atoms with van der Waals surface area (Å²) in [6.45, 7) is 2.34. The summed E-state index contributed by atoms with van der Waals surface area (Å²) >= 11 is 1.15. The molecule has 0 saturated carbocycles. The van der Waals surface area contributed by atoms with Crippen LogP contribution >= 0.6 is 11.3 Å². The number of carbonyl (C=O) groups excluding carboxylic acids is 1. The first-order valence-electron chi connectivity index (χ1n) is 8.53. The molecular weight excluding hydrogens is 376 g/mol. The monoisotopic (exact) mass is 395 g/mol. The topological polar surface area (TPSA) is 82.5 Å². The number of halogens is 2. The van der Waals surface area contributed by atoms with Crippen molar-refractivity contribution in [3.63, 3.8) is 0 Å². The predicted octanol–water partition coefficient (Wildman–Crippen LogP) is 3.65. The van der Waals surface area contributed by atoms with Crippen LogP contribution in [-0.4, -0.2) is 40.1 Å². The normalized spacial score (nSPS) is 17.0. The average molecular weight is 395 g/mol. The first kappa shape index (κ1) is 19.2. The molecule has 1 aromatic heterocycles. The second-order valence-corrected chi connectivity index (χ2v) is 7.54. The standard InChI is InChI=1S/C18H19F2N3O3S/c1-10-15(8-12-13(19)5-2-6-14(12)20)27-17(21-10)22-18(26)23-7-3-4-11(9-23)16(24)25/h2,5-6,11H,3-4,7-9H2,1H3,(H,24,25)(H,21,22,26). The van der Waals surface area contributed by atoms with Crippen molar-refractivity contribution >= 4 is 28.5 Å². The van der Waals surface area contributed by atoms with Crippen molar-refractivity contribution in [2.45, 2.75) is 26.2 Å². The maximum atomic E-state index is 13.8. The van der Waals surface area contributed by atoms with Gasteiger partial charge in [0.2, 0.25) is 0 Å². The summed E-state index contributed by atoms with van der Waals surface area (Å²) in [6, 6.07) is 3.29. The molecule has 1 saturated heterocycles. The molecule has 3 rings (SSSR count). The zero-order chi connectivity index (χ0) is 19.6. The van der Waals surface area contributed by atoms with E-state index >= 15 is 0 Å². The second-order valence-electron chi connectivity index (χ2n) is 6.46. The van der Waals surface area contributed by atoms with E-state index < -0.39 is 29.6 Å². The van der Waals surface area contributed by atoms with Crippen LogP contribution < -0.4 is 5.32 Å². The third-order valence-corrected chi connectivity index (χ3v) is 5.64. The van der Waals surface area contributed by atoms with Crippen LogP contribution in [0.2, 0.25) is 0 Å². The Balaban J connectivity index is 1.69. The van der Waals surface area contributed by atoms with Gasteiger partial charge in [-0.3, -0.25) is 10.1 Å². The van der Waals surface area contributed by atoms with Gasteiger partial charge in [0.05, 0.1) is 11.6 Å². The highest BCUT2D eigenvalue weighted by molar-refractivity contribution is 7.15. The van der Waals surface area contributed by atoms with Crippen LogP contribution in [0.4, 0.5) is 18.7 Å². The number of anilines is 1. The van der Waals surface area contributed by atoms with Crippen molar-refractivity contribution in [3.8, 4) is 0 Å². The molecule has 1 aliphatic rings. The van der Waals surface area contributed by atoms with Gasteiger partial charge < -0.3 is 10.0 Å². The van der Waals surface area contributed by atoms with E-state index in [1.165, 1.54) is 23.1 Å². The number of nitrogens with zero attached hydrogens (tertiary/aromatic N) is 2. The smallest absolute Gasteiger partial charge is 0.323 e. The van der Waals surface area contributed by atoms with E-state index in [0.717, 1.165) is 11.3 Å². The average Bonchev–Trinajstić information content (AvgIpc) is 2.97. The molecule has 2 N–H and O–H groups in total. The lowest BCUT2D eigenvalue weighted by Crippen LogP contribution is -2.44. The third-order valence-electron chi connectivity index (χ3n) is 4.56. The number of carbonyl (C=O) groups is 2. The van der Waals surface area contributed by atoms with Crippen molar-refractivity contribution in [3.05, 3.63) is 46.0 Å². The molecule has 1 unspecified atom stereocenters. The summed E-state index contributed by atoms with van der Waals surface area (Å²) in [4.78, 5) is 29.9. The van der Waals surface area contributed by atoms with E-state index in [0.29, 0.717) is 35.1 Å². The lowest BCUT2D eigenvalue weighted by atomic mass is 9.99. The van der Waals surface area contributed by atoms with Gasteiger partial charge in [0.15, 0.2) is 5.13 Å². The van der Waals surface area contributed by atoms with E-state index in [9.17, 15) is 18.4 Å². The van der Waals surface area contributed by atoms with Crippen molar-refractivity contribution in [1.29, 1.82) is 0 Å². The number of aryl methyl sites for hydroxylation is 1. The van der Waals surface area contributed by atoms with Crippen LogP contribution in [0.1, 0.15) is 29.0 Å². The molecule has 1 aromatic carbocycles. The quantitative estimate of drug-likeness (QED) is 0.828. The number of hydrogen-bond donors (Lipinski definition) is 2. The number of aromatic nitrogens is 1. The van der Waals surface area contributed by atoms with Gasteiger partial charge in [-0.05, 0) is 31.9 Å². The fourth-order valence-electron chi connectivity index (χ4n) is 3.04. The minimum Gasteiger partial charge on any atom is -0.481 e. The first-order chi connectivity index (χ1) is 12.8. The molecule has 1 aliphatic heterocycles. The lowest BCUT2D eigenvalue weighted by molar-refractivity contribution is -0.143. The number of aliphatic carboxylic acids is 1. The third kappa shape index (κ3) is 4.41. The molecule has 2 amide bonds. The fourth-order valence-corrected chi connectivity index (χ4v) is 4.01. The van der Waals surface area contributed by atoms with E-state index in [4.69, 9.17) is 5.11 Å². The number of urea groups is 1. The summed E-state index contributed by atoms with van der Waals surface area (Å²) in [5.41, 5.74) is 0.544. The summed E-state index contributed by atoms with van der Waals surface area (Å²) in [6.07, 6.45) is 1.22. The molecule has 9 heteroatoms. The Hall–Kier alpha value is -2.55. The van der Waals surface area contributed by atoms with Crippen LogP contribution in [0.3, 0.4) is 0 Å². The molecule has 6 nitrogen and oxygen atoms in total. The number of benzene rings is 1. The minimum absolute atomic E-state index is 0.0394. The zero-order valence-corrected chi connectivity index (χ0v) is 15.5. The van der Waals surface area contributed by atoms with Gasteiger partial charge in [0, 0.05) is 30.0 Å². The Labute approximate surface area is 158 Å². The van der Waals surface area contributed by atoms with E-state index in [2.05, 4.69) is 10.3 Å². The van der Waals surface area contributed by atoms with Crippen LogP contribution in [0, 0.1) is 24.5 Å². The van der Waals surface area contributed by atoms with Crippen molar-refractivity contribution in [2.75, 3.05) is 18.4 Å². The van der Waals surface area contributed by atoms with Gasteiger partial charge in [-0.1, -0.05) is 6.07 Å². The van der Waals surface area contributed by atoms with Crippen molar-refractivity contribution in [2.24, 2.45) is 5.92 Å². The van der Waals surface area contributed by atoms with Gasteiger partial charge in [-0.25, -0.2) is 18.6 Å². The van der Waals surface area contributed by atoms with Crippen LogP contribution in [0.5, 0.6) is 0 Å². The highest BCUT2D eigenvalue weighted by atomic mass is 32.1. The Morgan fingerprint density at radius 3 is 2.74 bits per heavy atom. The molecule has 2 aromatic rings. The number of amides is 2. The molecule has 0 bridgehead atoms. The molecule has 144 valence electrons. The summed E-state index contributed by atoms with van der Waals surface area (Å²) in [5, 5.41) is 12.1. The number of carboxylic acid groups (broad SMARTS) is 1. The van der Waals surface area contributed by atoms with Gasteiger partial charge >= 0.3 is 12.0 Å². The molecule has 27 heavy (non-hydrogen) atoms. The molecule has 2 heterocycles. The Bertz CT molecular complexity index is 851. The van der Waals surface area contributed by atoms with Crippen LogP contribution in [0.25, 0.3) is 0 Å². The predicted molar refractivity (Wildman–Crippen MR) is 97.0 cm³/mol. The first-order valence-corrected chi connectivity index (χ1v) is 9.34. The lowest BCUT2D eigenvalue weighted by Gasteiger charge is -2.30. The number of carboxylic acids is 1. The Morgan fingerprint density at radius 2 is 2.07 bits per heavy atom. The van der Waals surface area contributed by atoms with E-state index in [-0.39, 0.29) is 18.5 Å². The summed E-state index contributed by atoms with van der Waals surface area (Å²) < 4.78 is 27.7.